The van der Waals surface area contributed by atoms with Crippen molar-refractivity contribution in [3.8, 4) is 0 Å². The highest BCUT2D eigenvalue weighted by Crippen LogP contribution is 2.44. The van der Waals surface area contributed by atoms with E-state index in [2.05, 4.69) is 12.1 Å². The third kappa shape index (κ3) is 1.86. The number of carbonyl (C=O) groups is 1. The predicted molar refractivity (Wildman–Crippen MR) is 71.5 cm³/mol. The summed E-state index contributed by atoms with van der Waals surface area (Å²) in [6.07, 6.45) is 5.03. The maximum Gasteiger partial charge on any atom is 0.240 e. The summed E-state index contributed by atoms with van der Waals surface area (Å²) in [5.41, 5.74) is 1.07. The predicted octanol–water partition coefficient (Wildman–Crippen LogP) is 3.31. The Kier molecular flexibility index (Phi) is 2.87. The molecular formula is C14H17NOS. The molecule has 1 heterocycles. The molecule has 1 fully saturated rings. The monoisotopic (exact) mass is 247 g/mol. The van der Waals surface area contributed by atoms with Crippen molar-refractivity contribution in [2.45, 2.75) is 35.8 Å². The molecule has 0 saturated heterocycles. The van der Waals surface area contributed by atoms with Gasteiger partial charge >= 0.3 is 0 Å². The third-order valence-electron chi connectivity index (χ3n) is 3.88. The Morgan fingerprint density at radius 2 is 1.94 bits per heavy atom. The summed E-state index contributed by atoms with van der Waals surface area (Å²) in [5.74, 6) is 0.879. The molecule has 3 heteroatoms. The Morgan fingerprint density at radius 1 is 1.24 bits per heavy atom. The number of anilines is 1. The van der Waals surface area contributed by atoms with E-state index < -0.39 is 0 Å². The van der Waals surface area contributed by atoms with Gasteiger partial charge in [-0.15, -0.1) is 11.8 Å². The molecule has 1 aliphatic carbocycles. The van der Waals surface area contributed by atoms with Gasteiger partial charge in [0, 0.05) is 11.9 Å². The first-order valence-electron chi connectivity index (χ1n) is 6.30. The molecule has 3 rings (SSSR count). The van der Waals surface area contributed by atoms with E-state index in [1.165, 1.54) is 30.6 Å². The highest BCUT2D eigenvalue weighted by Gasteiger charge is 2.37. The lowest BCUT2D eigenvalue weighted by Gasteiger charge is -2.33. The fourth-order valence-corrected chi connectivity index (χ4v) is 4.37. The van der Waals surface area contributed by atoms with E-state index in [4.69, 9.17) is 0 Å². The Hall–Kier alpha value is -0.960. The lowest BCUT2D eigenvalue weighted by molar-refractivity contribution is -0.118. The highest BCUT2D eigenvalue weighted by molar-refractivity contribution is 8.01. The van der Waals surface area contributed by atoms with Crippen molar-refractivity contribution in [1.82, 2.24) is 0 Å². The van der Waals surface area contributed by atoms with Crippen molar-refractivity contribution in [3.63, 3.8) is 0 Å². The van der Waals surface area contributed by atoms with Gasteiger partial charge in [-0.25, -0.2) is 0 Å². The molecule has 2 aliphatic rings. The molecule has 1 amide bonds. The fraction of sp³-hybridized carbons (Fsp3) is 0.500. The van der Waals surface area contributed by atoms with Crippen LogP contribution in [0.25, 0.3) is 0 Å². The fourth-order valence-electron chi connectivity index (χ4n) is 2.89. The lowest BCUT2D eigenvalue weighted by Crippen LogP contribution is -2.41. The van der Waals surface area contributed by atoms with Crippen molar-refractivity contribution in [3.05, 3.63) is 24.3 Å². The smallest absolute Gasteiger partial charge is 0.240 e. The minimum atomic E-state index is 0.150. The quantitative estimate of drug-likeness (QED) is 0.759. The molecule has 1 aliphatic heterocycles. The van der Waals surface area contributed by atoms with E-state index in [0.717, 1.165) is 5.69 Å². The van der Waals surface area contributed by atoms with E-state index in [9.17, 15) is 4.79 Å². The molecule has 1 unspecified atom stereocenters. The van der Waals surface area contributed by atoms with E-state index in [-0.39, 0.29) is 5.25 Å². The number of amides is 1. The molecule has 17 heavy (non-hydrogen) atoms. The van der Waals surface area contributed by atoms with Gasteiger partial charge in [-0.1, -0.05) is 25.0 Å². The first-order valence-corrected chi connectivity index (χ1v) is 7.18. The first-order chi connectivity index (χ1) is 8.27. The number of para-hydroxylation sites is 1. The molecule has 1 aromatic rings. The van der Waals surface area contributed by atoms with Gasteiger partial charge in [-0.2, -0.15) is 0 Å². The maximum absolute atomic E-state index is 12.4. The largest absolute Gasteiger partial charge is 0.313 e. The van der Waals surface area contributed by atoms with Gasteiger partial charge in [0.25, 0.3) is 0 Å². The van der Waals surface area contributed by atoms with Crippen molar-refractivity contribution in [1.29, 1.82) is 0 Å². The summed E-state index contributed by atoms with van der Waals surface area (Å²) in [7, 11) is 1.91. The Balaban J connectivity index is 1.92. The van der Waals surface area contributed by atoms with Crippen LogP contribution in [0.4, 0.5) is 5.69 Å². The standard InChI is InChI=1S/C14H17NOS/c1-15-11-8-4-5-9-12(11)17-13(14(15)16)10-6-2-3-7-10/h4-5,8-10,13H,2-3,6-7H2,1H3. The molecule has 1 aromatic carbocycles. The molecule has 2 nitrogen and oxygen atoms in total. The number of fused-ring (bicyclic) bond motifs is 1. The molecule has 1 atom stereocenters. The number of hydrogen-bond donors (Lipinski definition) is 0. The number of nitrogens with zero attached hydrogens (tertiary/aromatic N) is 1. The van der Waals surface area contributed by atoms with Crippen molar-refractivity contribution in [2.24, 2.45) is 5.92 Å². The van der Waals surface area contributed by atoms with E-state index in [1.54, 1.807) is 11.8 Å². The first kappa shape index (κ1) is 11.1. The normalized spacial score (nSPS) is 25.1. The van der Waals surface area contributed by atoms with Crippen LogP contribution in [0.15, 0.2) is 29.2 Å². The van der Waals surface area contributed by atoms with Gasteiger partial charge < -0.3 is 4.90 Å². The SMILES string of the molecule is CN1C(=O)C(C2CCCC2)Sc2ccccc21. The summed E-state index contributed by atoms with van der Waals surface area (Å²) < 4.78 is 0. The summed E-state index contributed by atoms with van der Waals surface area (Å²) in [4.78, 5) is 15.5. The van der Waals surface area contributed by atoms with Crippen LogP contribution in [-0.4, -0.2) is 18.2 Å². The van der Waals surface area contributed by atoms with E-state index in [0.29, 0.717) is 11.8 Å². The van der Waals surface area contributed by atoms with Crippen LogP contribution in [0.3, 0.4) is 0 Å². The van der Waals surface area contributed by atoms with Crippen molar-refractivity contribution in [2.75, 3.05) is 11.9 Å². The van der Waals surface area contributed by atoms with Crippen LogP contribution in [0.2, 0.25) is 0 Å². The molecule has 0 spiro atoms. The highest BCUT2D eigenvalue weighted by atomic mass is 32.2. The second-order valence-electron chi connectivity index (χ2n) is 4.95. The van der Waals surface area contributed by atoms with Gasteiger partial charge in [-0.3, -0.25) is 4.79 Å². The van der Waals surface area contributed by atoms with Gasteiger partial charge in [-0.05, 0) is 30.9 Å². The minimum Gasteiger partial charge on any atom is -0.313 e. The van der Waals surface area contributed by atoms with Crippen molar-refractivity contribution < 1.29 is 4.79 Å². The maximum atomic E-state index is 12.4. The molecule has 1 saturated carbocycles. The Morgan fingerprint density at radius 3 is 2.71 bits per heavy atom. The summed E-state index contributed by atoms with van der Waals surface area (Å²) >= 11 is 1.77. The average Bonchev–Trinajstić information content (AvgIpc) is 2.87. The van der Waals surface area contributed by atoms with Crippen LogP contribution < -0.4 is 4.90 Å². The molecular weight excluding hydrogens is 230 g/mol. The lowest BCUT2D eigenvalue weighted by atomic mass is 10.0. The Bertz CT molecular complexity index is 440. The number of benzene rings is 1. The second kappa shape index (κ2) is 4.37. The van der Waals surface area contributed by atoms with Crippen LogP contribution in [-0.2, 0) is 4.79 Å². The summed E-state index contributed by atoms with van der Waals surface area (Å²) in [6.45, 7) is 0. The molecule has 0 bridgehead atoms. The Labute approximate surface area is 106 Å². The molecule has 90 valence electrons. The zero-order chi connectivity index (χ0) is 11.8. The third-order valence-corrected chi connectivity index (χ3v) is 5.32. The number of carbonyl (C=O) groups excluding carboxylic acids is 1. The average molecular weight is 247 g/mol. The van der Waals surface area contributed by atoms with Crippen LogP contribution >= 0.6 is 11.8 Å². The van der Waals surface area contributed by atoms with Gasteiger partial charge in [0.1, 0.15) is 0 Å². The number of hydrogen-bond acceptors (Lipinski definition) is 2. The van der Waals surface area contributed by atoms with Gasteiger partial charge in [0.2, 0.25) is 5.91 Å². The number of rotatable bonds is 1. The summed E-state index contributed by atoms with van der Waals surface area (Å²) in [5, 5.41) is 0.150. The number of thioether (sulfide) groups is 1. The molecule has 0 N–H and O–H groups in total. The molecule has 0 radical (unpaired) electrons. The van der Waals surface area contributed by atoms with Crippen LogP contribution in [0.1, 0.15) is 25.7 Å². The van der Waals surface area contributed by atoms with E-state index >= 15 is 0 Å². The van der Waals surface area contributed by atoms with E-state index in [1.807, 2.05) is 24.1 Å². The zero-order valence-electron chi connectivity index (χ0n) is 10.1. The van der Waals surface area contributed by atoms with Crippen molar-refractivity contribution >= 4 is 23.4 Å². The second-order valence-corrected chi connectivity index (χ2v) is 6.13. The van der Waals surface area contributed by atoms with Crippen LogP contribution in [0.5, 0.6) is 0 Å². The summed E-state index contributed by atoms with van der Waals surface area (Å²) in [6, 6.07) is 8.22. The van der Waals surface area contributed by atoms with Gasteiger partial charge in [0.05, 0.1) is 10.9 Å². The van der Waals surface area contributed by atoms with Crippen LogP contribution in [0, 0.1) is 5.92 Å². The minimum absolute atomic E-state index is 0.150. The molecule has 0 aromatic heterocycles. The van der Waals surface area contributed by atoms with Gasteiger partial charge in [0.15, 0.2) is 0 Å². The topological polar surface area (TPSA) is 20.3 Å². The zero-order valence-corrected chi connectivity index (χ0v) is 10.9.